The van der Waals surface area contributed by atoms with Gasteiger partial charge in [-0.15, -0.1) is 0 Å². The summed E-state index contributed by atoms with van der Waals surface area (Å²) in [6.07, 6.45) is 0.988. The van der Waals surface area contributed by atoms with Crippen molar-refractivity contribution >= 4 is 15.7 Å². The van der Waals surface area contributed by atoms with Gasteiger partial charge in [-0.3, -0.25) is 4.79 Å². The van der Waals surface area contributed by atoms with Crippen LogP contribution in [0.2, 0.25) is 0 Å². The highest BCUT2D eigenvalue weighted by atomic mass is 32.2. The number of hydrogen-bond acceptors (Lipinski definition) is 4. The van der Waals surface area contributed by atoms with Crippen LogP contribution in [-0.2, 0) is 14.6 Å². The van der Waals surface area contributed by atoms with E-state index in [0.717, 1.165) is 6.26 Å². The van der Waals surface area contributed by atoms with E-state index in [4.69, 9.17) is 5.26 Å². The van der Waals surface area contributed by atoms with Crippen LogP contribution in [0.15, 0.2) is 0 Å². The highest BCUT2D eigenvalue weighted by molar-refractivity contribution is 7.91. The first kappa shape index (κ1) is 12.9. The van der Waals surface area contributed by atoms with Crippen molar-refractivity contribution in [1.82, 2.24) is 5.32 Å². The number of carbonyl (C=O) groups excluding carboxylic acids is 1. The number of hydrogen-bond donors (Lipinski definition) is 1. The van der Waals surface area contributed by atoms with E-state index in [9.17, 15) is 13.2 Å². The van der Waals surface area contributed by atoms with Crippen molar-refractivity contribution in [2.45, 2.75) is 13.8 Å². The highest BCUT2D eigenvalue weighted by Gasteiger charge is 2.18. The number of nitrogens with one attached hydrogen (secondary N) is 1. The van der Waals surface area contributed by atoms with Gasteiger partial charge in [-0.1, -0.05) is 0 Å². The molecule has 5 nitrogen and oxygen atoms in total. The minimum absolute atomic E-state index is 0.151. The molecule has 0 spiro atoms. The van der Waals surface area contributed by atoms with Gasteiger partial charge in [0.15, 0.2) is 9.84 Å². The maximum atomic E-state index is 11.0. The van der Waals surface area contributed by atoms with Gasteiger partial charge in [-0.25, -0.2) is 8.42 Å². The van der Waals surface area contributed by atoms with Gasteiger partial charge in [0.1, 0.15) is 5.75 Å². The van der Waals surface area contributed by atoms with Crippen LogP contribution in [0.1, 0.15) is 13.8 Å². The summed E-state index contributed by atoms with van der Waals surface area (Å²) in [5.41, 5.74) is -0.673. The van der Waals surface area contributed by atoms with Crippen LogP contribution in [-0.4, -0.2) is 32.9 Å². The standard InChI is InChI=1S/C8H14N2O3S/c1-8(2,5-9)6-10-7(11)4-14(3,12)13/h4,6H2,1-3H3,(H,10,11). The Bertz CT molecular complexity index is 351. The van der Waals surface area contributed by atoms with E-state index in [0.29, 0.717) is 0 Å². The number of carbonyl (C=O) groups is 1. The zero-order valence-electron chi connectivity index (χ0n) is 8.49. The third-order valence-electron chi connectivity index (χ3n) is 1.42. The quantitative estimate of drug-likeness (QED) is 0.701. The Balaban J connectivity index is 4.07. The van der Waals surface area contributed by atoms with E-state index in [2.05, 4.69) is 5.32 Å². The summed E-state index contributed by atoms with van der Waals surface area (Å²) in [4.78, 5) is 11.0. The van der Waals surface area contributed by atoms with Crippen molar-refractivity contribution < 1.29 is 13.2 Å². The Kier molecular flexibility index (Phi) is 4.08. The van der Waals surface area contributed by atoms with Crippen molar-refractivity contribution in [1.29, 1.82) is 5.26 Å². The Hall–Kier alpha value is -1.09. The molecule has 1 amide bonds. The third-order valence-corrected chi connectivity index (χ3v) is 2.21. The van der Waals surface area contributed by atoms with E-state index in [1.54, 1.807) is 13.8 Å². The first-order valence-electron chi connectivity index (χ1n) is 4.02. The van der Waals surface area contributed by atoms with Gasteiger partial charge in [-0.05, 0) is 13.8 Å². The molecule has 0 aromatic rings. The summed E-state index contributed by atoms with van der Waals surface area (Å²) in [5.74, 6) is -1.11. The molecular formula is C8H14N2O3S. The topological polar surface area (TPSA) is 87.0 Å². The first-order chi connectivity index (χ1) is 6.16. The summed E-state index contributed by atoms with van der Waals surface area (Å²) >= 11 is 0. The molecule has 14 heavy (non-hydrogen) atoms. The van der Waals surface area contributed by atoms with Crippen molar-refractivity contribution in [2.75, 3.05) is 18.6 Å². The lowest BCUT2D eigenvalue weighted by molar-refractivity contribution is -0.118. The molecule has 0 aromatic heterocycles. The van der Waals surface area contributed by atoms with Gasteiger partial charge in [-0.2, -0.15) is 5.26 Å². The molecule has 0 rings (SSSR count). The number of nitrogens with zero attached hydrogens (tertiary/aromatic N) is 1. The van der Waals surface area contributed by atoms with Crippen LogP contribution in [0.3, 0.4) is 0 Å². The van der Waals surface area contributed by atoms with E-state index in [-0.39, 0.29) is 6.54 Å². The van der Waals surface area contributed by atoms with Crippen molar-refractivity contribution in [3.63, 3.8) is 0 Å². The molecule has 0 unspecified atom stereocenters. The molecule has 0 aromatic carbocycles. The smallest absolute Gasteiger partial charge is 0.235 e. The van der Waals surface area contributed by atoms with Crippen LogP contribution >= 0.6 is 0 Å². The second kappa shape index (κ2) is 4.42. The lowest BCUT2D eigenvalue weighted by Gasteiger charge is -2.15. The normalized spacial score (nSPS) is 11.9. The molecule has 6 heteroatoms. The highest BCUT2D eigenvalue weighted by Crippen LogP contribution is 2.10. The molecular weight excluding hydrogens is 204 g/mol. The molecule has 1 N–H and O–H groups in total. The molecule has 0 radical (unpaired) electrons. The second-order valence-corrected chi connectivity index (χ2v) is 5.98. The maximum Gasteiger partial charge on any atom is 0.235 e. The van der Waals surface area contributed by atoms with Crippen molar-refractivity contribution in [2.24, 2.45) is 5.41 Å². The molecule has 0 atom stereocenters. The van der Waals surface area contributed by atoms with Gasteiger partial charge in [0.2, 0.25) is 5.91 Å². The second-order valence-electron chi connectivity index (χ2n) is 3.84. The number of nitriles is 1. The minimum Gasteiger partial charge on any atom is -0.354 e. The van der Waals surface area contributed by atoms with E-state index in [1.165, 1.54) is 0 Å². The summed E-state index contributed by atoms with van der Waals surface area (Å²) in [7, 11) is -3.29. The third kappa shape index (κ3) is 6.43. The predicted octanol–water partition coefficient (Wildman–Crippen LogP) is -0.303. The zero-order valence-corrected chi connectivity index (χ0v) is 9.31. The number of sulfone groups is 1. The summed E-state index contributed by atoms with van der Waals surface area (Å²) in [5, 5.41) is 11.0. The Labute approximate surface area is 84.0 Å². The first-order valence-corrected chi connectivity index (χ1v) is 6.08. The summed E-state index contributed by atoms with van der Waals surface area (Å²) < 4.78 is 21.4. The lowest BCUT2D eigenvalue weighted by Crippen LogP contribution is -2.36. The molecule has 0 fully saturated rings. The van der Waals surface area contributed by atoms with E-state index < -0.39 is 26.9 Å². The van der Waals surface area contributed by atoms with E-state index in [1.807, 2.05) is 6.07 Å². The molecule has 0 bridgehead atoms. The van der Waals surface area contributed by atoms with Crippen LogP contribution in [0.5, 0.6) is 0 Å². The van der Waals surface area contributed by atoms with Gasteiger partial charge in [0.05, 0.1) is 11.5 Å². The van der Waals surface area contributed by atoms with Gasteiger partial charge >= 0.3 is 0 Å². The average molecular weight is 218 g/mol. The van der Waals surface area contributed by atoms with Gasteiger partial charge in [0, 0.05) is 12.8 Å². The molecule has 0 heterocycles. The predicted molar refractivity (Wildman–Crippen MR) is 52.1 cm³/mol. The minimum atomic E-state index is -3.29. The Morgan fingerprint density at radius 3 is 2.36 bits per heavy atom. The van der Waals surface area contributed by atoms with Crippen LogP contribution in [0.25, 0.3) is 0 Å². The fourth-order valence-electron chi connectivity index (χ4n) is 0.648. The van der Waals surface area contributed by atoms with Gasteiger partial charge < -0.3 is 5.32 Å². The largest absolute Gasteiger partial charge is 0.354 e. The molecule has 0 saturated carbocycles. The molecule has 80 valence electrons. The van der Waals surface area contributed by atoms with Crippen molar-refractivity contribution in [3.05, 3.63) is 0 Å². The average Bonchev–Trinajstić information content (AvgIpc) is 1.98. The molecule has 0 aliphatic heterocycles. The fourth-order valence-corrected chi connectivity index (χ4v) is 1.23. The van der Waals surface area contributed by atoms with E-state index >= 15 is 0 Å². The van der Waals surface area contributed by atoms with Crippen LogP contribution in [0, 0.1) is 16.7 Å². The lowest BCUT2D eigenvalue weighted by atomic mass is 9.96. The monoisotopic (exact) mass is 218 g/mol. The van der Waals surface area contributed by atoms with Gasteiger partial charge in [0.25, 0.3) is 0 Å². The number of rotatable bonds is 4. The Morgan fingerprint density at radius 1 is 1.50 bits per heavy atom. The Morgan fingerprint density at radius 2 is 2.00 bits per heavy atom. The SMILES string of the molecule is CC(C)(C#N)CNC(=O)CS(C)(=O)=O. The zero-order chi connectivity index (χ0) is 11.4. The number of amides is 1. The summed E-state index contributed by atoms with van der Waals surface area (Å²) in [6.45, 7) is 3.47. The van der Waals surface area contributed by atoms with Crippen LogP contribution in [0.4, 0.5) is 0 Å². The van der Waals surface area contributed by atoms with Crippen molar-refractivity contribution in [3.8, 4) is 6.07 Å². The molecule has 0 saturated heterocycles. The fraction of sp³-hybridized carbons (Fsp3) is 0.750. The maximum absolute atomic E-state index is 11.0. The summed E-state index contributed by atoms with van der Waals surface area (Å²) in [6, 6.07) is 2.00. The van der Waals surface area contributed by atoms with Crippen LogP contribution < -0.4 is 5.32 Å². The molecule has 0 aliphatic carbocycles. The molecule has 0 aliphatic rings.